The highest BCUT2D eigenvalue weighted by Crippen LogP contribution is 2.38. The maximum Gasteiger partial charge on any atom is 0.407 e. The number of rotatable bonds is 9. The Morgan fingerprint density at radius 1 is 1.08 bits per heavy atom. The van der Waals surface area contributed by atoms with E-state index in [2.05, 4.69) is 45.0 Å². The average molecular weight is 498 g/mol. The van der Waals surface area contributed by atoms with Crippen LogP contribution in [0.5, 0.6) is 0 Å². The topological polar surface area (TPSA) is 109 Å². The molecule has 3 saturated heterocycles. The molecule has 0 aromatic carbocycles. The Labute approximate surface area is 215 Å². The third kappa shape index (κ3) is 7.30. The van der Waals surface area contributed by atoms with Gasteiger partial charge in [0.1, 0.15) is 6.07 Å². The van der Waals surface area contributed by atoms with E-state index in [4.69, 9.17) is 5.26 Å². The molecule has 3 fully saturated rings. The molecule has 9 heteroatoms. The van der Waals surface area contributed by atoms with Crippen LogP contribution in [-0.4, -0.2) is 94.3 Å². The van der Waals surface area contributed by atoms with Crippen molar-refractivity contribution in [3.05, 3.63) is 18.0 Å². The third-order valence-electron chi connectivity index (χ3n) is 8.79. The summed E-state index contributed by atoms with van der Waals surface area (Å²) < 4.78 is 0. The van der Waals surface area contributed by atoms with E-state index in [9.17, 15) is 9.90 Å². The molecule has 0 aliphatic carbocycles. The summed E-state index contributed by atoms with van der Waals surface area (Å²) in [5.74, 6) is 1.99. The van der Waals surface area contributed by atoms with E-state index < -0.39 is 6.09 Å². The van der Waals surface area contributed by atoms with Gasteiger partial charge in [0.05, 0.1) is 18.0 Å². The van der Waals surface area contributed by atoms with Crippen molar-refractivity contribution in [1.29, 1.82) is 5.26 Å². The monoisotopic (exact) mass is 497 g/mol. The summed E-state index contributed by atoms with van der Waals surface area (Å²) in [4.78, 5) is 26.5. The zero-order valence-corrected chi connectivity index (χ0v) is 22.0. The van der Waals surface area contributed by atoms with Crippen molar-refractivity contribution in [2.24, 2.45) is 17.3 Å². The van der Waals surface area contributed by atoms with Crippen LogP contribution in [0.15, 0.2) is 12.4 Å². The van der Waals surface area contributed by atoms with Gasteiger partial charge in [0, 0.05) is 38.8 Å². The number of nitrogens with zero attached hydrogens (tertiary/aromatic N) is 6. The van der Waals surface area contributed by atoms with Crippen molar-refractivity contribution in [3.63, 3.8) is 0 Å². The zero-order valence-electron chi connectivity index (χ0n) is 22.0. The first-order valence-corrected chi connectivity index (χ1v) is 13.7. The van der Waals surface area contributed by atoms with Gasteiger partial charge in [-0.3, -0.25) is 0 Å². The molecule has 1 aromatic rings. The normalized spacial score (nSPS) is 24.5. The fourth-order valence-electron chi connectivity index (χ4n) is 6.25. The van der Waals surface area contributed by atoms with E-state index in [-0.39, 0.29) is 5.41 Å². The summed E-state index contributed by atoms with van der Waals surface area (Å²) in [6.07, 6.45) is 10.5. The highest BCUT2D eigenvalue weighted by Gasteiger charge is 2.34. The Morgan fingerprint density at radius 3 is 2.50 bits per heavy atom. The van der Waals surface area contributed by atoms with Crippen molar-refractivity contribution in [1.82, 2.24) is 24.7 Å². The molecule has 4 rings (SSSR count). The standard InChI is InChI=1S/C27H43N7O2/c1-27(2,23-6-13-34(14-7-23)26(35)36)9-15-32-10-3-4-21(19-32)5-11-33-12-8-24(20-33)31-25-29-17-22(16-28)18-30-25/h17-18,21,23-24H,3-15,19-20H2,1-2H3,(H,35,36)(H,29,30,31)/t21?,24-/m1/s1. The summed E-state index contributed by atoms with van der Waals surface area (Å²) in [6.45, 7) is 13.0. The summed E-state index contributed by atoms with van der Waals surface area (Å²) in [6, 6.07) is 2.42. The van der Waals surface area contributed by atoms with E-state index in [0.29, 0.717) is 36.6 Å². The summed E-state index contributed by atoms with van der Waals surface area (Å²) in [7, 11) is 0. The highest BCUT2D eigenvalue weighted by molar-refractivity contribution is 5.65. The van der Waals surface area contributed by atoms with Gasteiger partial charge in [-0.25, -0.2) is 14.8 Å². The van der Waals surface area contributed by atoms with Crippen LogP contribution in [0.3, 0.4) is 0 Å². The Morgan fingerprint density at radius 2 is 1.81 bits per heavy atom. The first kappa shape index (κ1) is 26.6. The number of amides is 1. The number of nitriles is 1. The predicted molar refractivity (Wildman–Crippen MR) is 140 cm³/mol. The molecule has 198 valence electrons. The van der Waals surface area contributed by atoms with Crippen molar-refractivity contribution in [2.75, 3.05) is 57.7 Å². The molecule has 3 aliphatic heterocycles. The number of nitrogens with one attached hydrogen (secondary N) is 1. The van der Waals surface area contributed by atoms with Gasteiger partial charge >= 0.3 is 6.09 Å². The largest absolute Gasteiger partial charge is 0.465 e. The number of carbonyl (C=O) groups is 1. The van der Waals surface area contributed by atoms with Gasteiger partial charge in [-0.05, 0) is 81.8 Å². The Hall–Kier alpha value is -2.44. The van der Waals surface area contributed by atoms with Crippen molar-refractivity contribution >= 4 is 12.0 Å². The SMILES string of the molecule is CC(C)(CCN1CCCC(CCN2CC[C@@H](Nc3ncc(C#N)cn3)C2)C1)C1CCN(C(=O)O)CC1. The van der Waals surface area contributed by atoms with Gasteiger partial charge in [-0.2, -0.15) is 5.26 Å². The Bertz CT molecular complexity index is 892. The minimum atomic E-state index is -0.772. The number of carboxylic acid groups (broad SMARTS) is 1. The average Bonchev–Trinajstić information content (AvgIpc) is 3.34. The van der Waals surface area contributed by atoms with Crippen LogP contribution in [-0.2, 0) is 0 Å². The summed E-state index contributed by atoms with van der Waals surface area (Å²) >= 11 is 0. The lowest BCUT2D eigenvalue weighted by atomic mass is 9.71. The first-order valence-electron chi connectivity index (χ1n) is 13.7. The van der Waals surface area contributed by atoms with Crippen molar-refractivity contribution < 1.29 is 9.90 Å². The van der Waals surface area contributed by atoms with Crippen molar-refractivity contribution in [3.8, 4) is 6.07 Å². The van der Waals surface area contributed by atoms with Crippen molar-refractivity contribution in [2.45, 2.75) is 64.8 Å². The van der Waals surface area contributed by atoms with Crippen LogP contribution in [0, 0.1) is 28.6 Å². The van der Waals surface area contributed by atoms with Crippen LogP contribution in [0.25, 0.3) is 0 Å². The molecular formula is C27H43N7O2. The van der Waals surface area contributed by atoms with Crippen LogP contribution < -0.4 is 5.32 Å². The van der Waals surface area contributed by atoms with E-state index in [1.54, 1.807) is 17.3 Å². The molecule has 1 amide bonds. The maximum absolute atomic E-state index is 11.2. The number of hydrogen-bond acceptors (Lipinski definition) is 7. The number of likely N-dealkylation sites (tertiary alicyclic amines) is 3. The molecule has 36 heavy (non-hydrogen) atoms. The fourth-order valence-corrected chi connectivity index (χ4v) is 6.25. The summed E-state index contributed by atoms with van der Waals surface area (Å²) in [5, 5.41) is 21.5. The molecule has 2 atom stereocenters. The van der Waals surface area contributed by atoms with Crippen LogP contribution in [0.4, 0.5) is 10.7 Å². The maximum atomic E-state index is 11.2. The molecule has 4 heterocycles. The van der Waals surface area contributed by atoms with Gasteiger partial charge in [-0.15, -0.1) is 0 Å². The molecule has 0 radical (unpaired) electrons. The van der Waals surface area contributed by atoms with E-state index in [1.165, 1.54) is 38.8 Å². The molecule has 0 saturated carbocycles. The lowest BCUT2D eigenvalue weighted by molar-refractivity contribution is 0.0702. The second-order valence-electron chi connectivity index (χ2n) is 11.7. The second-order valence-corrected chi connectivity index (χ2v) is 11.7. The molecule has 2 N–H and O–H groups in total. The van der Waals surface area contributed by atoms with Crippen LogP contribution in [0.2, 0.25) is 0 Å². The second kappa shape index (κ2) is 12.2. The lowest BCUT2D eigenvalue weighted by Crippen LogP contribution is -2.43. The molecular weight excluding hydrogens is 454 g/mol. The third-order valence-corrected chi connectivity index (χ3v) is 8.79. The highest BCUT2D eigenvalue weighted by atomic mass is 16.4. The smallest absolute Gasteiger partial charge is 0.407 e. The van der Waals surface area contributed by atoms with E-state index in [0.717, 1.165) is 51.4 Å². The Balaban J connectivity index is 1.14. The zero-order chi connectivity index (χ0) is 25.5. The molecule has 1 aromatic heterocycles. The quantitative estimate of drug-likeness (QED) is 0.531. The molecule has 0 bridgehead atoms. The van der Waals surface area contributed by atoms with E-state index in [1.807, 2.05) is 0 Å². The number of hydrogen-bond donors (Lipinski definition) is 2. The molecule has 0 spiro atoms. The molecule has 3 aliphatic rings. The van der Waals surface area contributed by atoms with Gasteiger partial charge in [0.15, 0.2) is 0 Å². The van der Waals surface area contributed by atoms with Gasteiger partial charge in [0.2, 0.25) is 5.95 Å². The Kier molecular flexibility index (Phi) is 9.02. The minimum Gasteiger partial charge on any atom is -0.465 e. The summed E-state index contributed by atoms with van der Waals surface area (Å²) in [5.41, 5.74) is 0.744. The van der Waals surface area contributed by atoms with E-state index >= 15 is 0 Å². The van der Waals surface area contributed by atoms with Gasteiger partial charge < -0.3 is 25.1 Å². The molecule has 1 unspecified atom stereocenters. The van der Waals surface area contributed by atoms with Gasteiger partial charge in [0.25, 0.3) is 0 Å². The number of aromatic nitrogens is 2. The number of anilines is 1. The predicted octanol–water partition coefficient (Wildman–Crippen LogP) is 3.74. The van der Waals surface area contributed by atoms with Crippen LogP contribution >= 0.6 is 0 Å². The molecule has 9 nitrogen and oxygen atoms in total. The number of piperidine rings is 2. The minimum absolute atomic E-state index is 0.258. The van der Waals surface area contributed by atoms with Crippen LogP contribution in [0.1, 0.15) is 64.4 Å². The fraction of sp³-hybridized carbons (Fsp3) is 0.778. The van der Waals surface area contributed by atoms with Gasteiger partial charge in [-0.1, -0.05) is 13.8 Å². The lowest BCUT2D eigenvalue weighted by Gasteiger charge is -2.42. The first-order chi connectivity index (χ1) is 17.3.